The number of phenolic OH excluding ortho intramolecular Hbond substituents is 1. The van der Waals surface area contributed by atoms with Gasteiger partial charge in [0.2, 0.25) is 0 Å². The maximum absolute atomic E-state index is 11.3. The van der Waals surface area contributed by atoms with Crippen LogP contribution in [0.3, 0.4) is 0 Å². The lowest BCUT2D eigenvalue weighted by Gasteiger charge is -2.28. The van der Waals surface area contributed by atoms with Crippen molar-refractivity contribution < 1.29 is 18.1 Å². The molecule has 54 heavy (non-hydrogen) atoms. The Morgan fingerprint density at radius 3 is 1.09 bits per heavy atom. The lowest BCUT2D eigenvalue weighted by Crippen LogP contribution is -2.33. The molecule has 4 aromatic rings. The highest BCUT2D eigenvalue weighted by Gasteiger charge is 2.44. The van der Waals surface area contributed by atoms with E-state index in [0.717, 1.165) is 0 Å². The normalized spacial score (nSPS) is 12.3. The molecule has 4 rings (SSSR count). The molecule has 0 aromatic heterocycles. The van der Waals surface area contributed by atoms with Gasteiger partial charge in [0.05, 0.1) is 11.1 Å². The number of unbranched alkanes of at least 4 members (excludes halogenated alkanes) is 13. The molecule has 0 aliphatic rings. The fraction of sp³-hybridized carbons (Fsp3) is 0.500. The molecule has 296 valence electrons. The van der Waals surface area contributed by atoms with E-state index >= 15 is 0 Å². The minimum absolute atomic E-state index is 0.0624. The van der Waals surface area contributed by atoms with Gasteiger partial charge in [0.1, 0.15) is 39.0 Å². The number of phenols is 1. The Morgan fingerprint density at radius 1 is 0.519 bits per heavy atom. The van der Waals surface area contributed by atoms with Crippen LogP contribution in [0, 0.1) is 0 Å². The number of hydrogen-bond donors (Lipinski definition) is 1. The molecule has 4 aromatic carbocycles. The number of hydrogen-bond acceptors (Lipinski definition) is 4. The number of benzene rings is 4. The predicted octanol–water partition coefficient (Wildman–Crippen LogP) is 12.4. The summed E-state index contributed by atoms with van der Waals surface area (Å²) >= 11 is 0. The van der Waals surface area contributed by atoms with E-state index < -0.39 is 28.2 Å². The molecule has 0 amide bonds. The molecule has 0 saturated heterocycles. The zero-order valence-electron chi connectivity index (χ0n) is 34.4. The van der Waals surface area contributed by atoms with Crippen molar-refractivity contribution in [1.82, 2.24) is 0 Å². The van der Waals surface area contributed by atoms with Crippen LogP contribution in [0.15, 0.2) is 108 Å². The fourth-order valence-electron chi connectivity index (χ4n) is 7.32. The summed E-state index contributed by atoms with van der Waals surface area (Å²) in [6, 6.07) is 36.6. The van der Waals surface area contributed by atoms with Crippen LogP contribution in [0.5, 0.6) is 5.75 Å². The van der Waals surface area contributed by atoms with E-state index in [1.165, 1.54) is 124 Å². The van der Waals surface area contributed by atoms with E-state index in [4.69, 9.17) is 0 Å². The van der Waals surface area contributed by atoms with E-state index in [2.05, 4.69) is 97.9 Å². The van der Waals surface area contributed by atoms with Crippen LogP contribution in [-0.2, 0) is 20.9 Å². The van der Waals surface area contributed by atoms with Crippen LogP contribution in [-0.4, -0.2) is 24.2 Å². The molecule has 0 fully saturated rings. The first-order chi connectivity index (χ1) is 25.6. The summed E-state index contributed by atoms with van der Waals surface area (Å²) < 4.78 is 33.8. The Morgan fingerprint density at radius 2 is 0.815 bits per heavy atom. The molecule has 0 spiro atoms. The highest BCUT2D eigenvalue weighted by atomic mass is 32.2. The first-order valence-corrected chi connectivity index (χ1v) is 23.9. The van der Waals surface area contributed by atoms with Crippen LogP contribution in [0.2, 0.25) is 0 Å². The molecule has 0 bridgehead atoms. The van der Waals surface area contributed by atoms with E-state index in [-0.39, 0.29) is 10.6 Å². The average Bonchev–Trinajstić information content (AvgIpc) is 3.13. The van der Waals surface area contributed by atoms with E-state index in [9.17, 15) is 18.1 Å². The predicted molar refractivity (Wildman–Crippen MR) is 234 cm³/mol. The Hall–Kier alpha value is -2.98. The van der Waals surface area contributed by atoms with Gasteiger partial charge in [-0.15, -0.1) is 0 Å². The summed E-state index contributed by atoms with van der Waals surface area (Å²) in [5.74, 6) is 0.0624. The van der Waals surface area contributed by atoms with Crippen molar-refractivity contribution in [3.63, 3.8) is 0 Å². The molecule has 4 nitrogen and oxygen atoms in total. The van der Waals surface area contributed by atoms with Gasteiger partial charge in [0, 0.05) is 11.1 Å². The summed E-state index contributed by atoms with van der Waals surface area (Å²) in [5, 5.41) is 14.9. The van der Waals surface area contributed by atoms with Gasteiger partial charge < -0.3 is 9.66 Å². The summed E-state index contributed by atoms with van der Waals surface area (Å²) in [6.45, 7) is 13.4. The van der Waals surface area contributed by atoms with Crippen molar-refractivity contribution in [2.24, 2.45) is 0 Å². The average molecular weight is 773 g/mol. The van der Waals surface area contributed by atoms with Crippen molar-refractivity contribution in [3.8, 4) is 5.75 Å². The Kier molecular flexibility index (Phi) is 18.4. The molecule has 0 heterocycles. The first-order valence-electron chi connectivity index (χ1n) is 20.5. The number of aromatic hydroxyl groups is 1. The van der Waals surface area contributed by atoms with Crippen LogP contribution < -0.4 is 15.9 Å². The van der Waals surface area contributed by atoms with E-state index in [1.54, 1.807) is 0 Å². The molecular weight excluding hydrogens is 704 g/mol. The fourth-order valence-corrected chi connectivity index (χ4v) is 12.3. The Balaban J connectivity index is 0.000000349. The second-order valence-corrected chi connectivity index (χ2v) is 22.0. The molecule has 6 heteroatoms. The zero-order valence-corrected chi connectivity index (χ0v) is 36.2. The molecule has 0 aliphatic carbocycles. The largest absolute Gasteiger partial charge is 0.744 e. The minimum atomic E-state index is -4.55. The maximum atomic E-state index is 11.3. The van der Waals surface area contributed by atoms with Gasteiger partial charge in [0.25, 0.3) is 0 Å². The monoisotopic (exact) mass is 772 g/mol. The molecule has 0 aliphatic heterocycles. The molecule has 0 radical (unpaired) electrons. The summed E-state index contributed by atoms with van der Waals surface area (Å²) in [7, 11) is -6.18. The highest BCUT2D eigenvalue weighted by molar-refractivity contribution is 7.95. The molecule has 1 N–H and O–H groups in total. The van der Waals surface area contributed by atoms with Gasteiger partial charge in [0.15, 0.2) is 0 Å². The quantitative estimate of drug-likeness (QED) is 0.0585. The van der Waals surface area contributed by atoms with Crippen molar-refractivity contribution >= 4 is 33.3 Å². The number of rotatable bonds is 19. The Labute approximate surface area is 330 Å². The molecule has 0 saturated carbocycles. The second kappa shape index (κ2) is 21.9. The smallest absolute Gasteiger partial charge is 0.124 e. The lowest BCUT2D eigenvalue weighted by molar-refractivity contribution is 0.420. The minimum Gasteiger partial charge on any atom is -0.744 e. The van der Waals surface area contributed by atoms with Crippen LogP contribution in [0.4, 0.5) is 0 Å². The van der Waals surface area contributed by atoms with Crippen molar-refractivity contribution in [2.45, 2.75) is 154 Å². The molecule has 0 unspecified atom stereocenters. The van der Waals surface area contributed by atoms with E-state index in [1.807, 2.05) is 41.5 Å². The van der Waals surface area contributed by atoms with Gasteiger partial charge in [-0.05, 0) is 72.2 Å². The van der Waals surface area contributed by atoms with Gasteiger partial charge in [-0.25, -0.2) is 8.42 Å². The lowest BCUT2D eigenvalue weighted by atomic mass is 9.79. The zero-order chi connectivity index (χ0) is 39.7. The first kappa shape index (κ1) is 45.4. The Bertz CT molecular complexity index is 1610. The van der Waals surface area contributed by atoms with Crippen LogP contribution in [0.25, 0.3) is 0 Å². The van der Waals surface area contributed by atoms with E-state index in [0.29, 0.717) is 11.1 Å². The molecular formula is C48H69O4PS. The summed E-state index contributed by atoms with van der Waals surface area (Å²) in [4.78, 5) is -0.292. The second-order valence-electron chi connectivity index (χ2n) is 17.0. The third-order valence-corrected chi connectivity index (χ3v) is 15.8. The SMILES string of the molecule is CC(C)(C)c1cc(S(=O)(=O)[O-])cc(C(C)(C)C)c1O.CCCCCCCCCCCCCCCC[P+](c1ccccc1)(c1ccccc1)c1ccccc1. The van der Waals surface area contributed by atoms with Gasteiger partial charge in [-0.1, -0.05) is 180 Å². The van der Waals surface area contributed by atoms with Gasteiger partial charge >= 0.3 is 0 Å². The van der Waals surface area contributed by atoms with Crippen molar-refractivity contribution in [1.29, 1.82) is 0 Å². The third kappa shape index (κ3) is 13.9. The van der Waals surface area contributed by atoms with Crippen molar-refractivity contribution in [2.75, 3.05) is 6.16 Å². The highest BCUT2D eigenvalue weighted by Crippen LogP contribution is 2.56. The topological polar surface area (TPSA) is 77.4 Å². The van der Waals surface area contributed by atoms with Crippen LogP contribution >= 0.6 is 7.26 Å². The molecule has 0 atom stereocenters. The summed E-state index contributed by atoms with van der Waals surface area (Å²) in [5.41, 5.74) is 0.0268. The van der Waals surface area contributed by atoms with Gasteiger partial charge in [-0.3, -0.25) is 0 Å². The summed E-state index contributed by atoms with van der Waals surface area (Å²) in [6.07, 6.45) is 21.0. The van der Waals surface area contributed by atoms with Crippen LogP contribution in [0.1, 0.15) is 149 Å². The van der Waals surface area contributed by atoms with Crippen molar-refractivity contribution in [3.05, 3.63) is 114 Å². The standard InChI is InChI=1S/C34H48P.C14H22O4S/c1-2-3-4-5-6-7-8-9-10-11-12-13-14-24-31-35(32-25-18-15-19-26-32,33-27-20-16-21-28-33)34-29-22-17-23-30-34;1-13(2,3)10-7-9(19(16,17)18)8-11(12(10)15)14(4,5)6/h15-23,25-30H,2-14,24,31H2,1H3;7-8,15H,1-6H3,(H,16,17,18)/q+1;/p-1. The maximum Gasteiger partial charge on any atom is 0.124 e. The third-order valence-electron chi connectivity index (χ3n) is 10.4. The van der Waals surface area contributed by atoms with Gasteiger partial charge in [-0.2, -0.15) is 0 Å².